The fraction of sp³-hybridized carbons (Fsp3) is 0.154. The van der Waals surface area contributed by atoms with Crippen molar-refractivity contribution in [2.45, 2.75) is 13.0 Å². The third kappa shape index (κ3) is 2.23. The molecule has 2 rings (SSSR count). The quantitative estimate of drug-likeness (QED) is 0.878. The lowest BCUT2D eigenvalue weighted by molar-refractivity contribution is 0.0691. The molecule has 0 amide bonds. The molecule has 0 fully saturated rings. The Morgan fingerprint density at radius 3 is 2.59 bits per heavy atom. The number of hydrogen-bond acceptors (Lipinski definition) is 3. The van der Waals surface area contributed by atoms with Crippen molar-refractivity contribution < 1.29 is 15.0 Å². The molecule has 0 bridgehead atoms. The molecule has 0 aliphatic rings. The van der Waals surface area contributed by atoms with Crippen LogP contribution >= 0.6 is 11.3 Å². The lowest BCUT2D eigenvalue weighted by atomic mass is 10.00. The van der Waals surface area contributed by atoms with Crippen molar-refractivity contribution in [2.75, 3.05) is 0 Å². The van der Waals surface area contributed by atoms with Gasteiger partial charge in [-0.3, -0.25) is 0 Å². The highest BCUT2D eigenvalue weighted by molar-refractivity contribution is 7.10. The Balaban J connectivity index is 2.48. The van der Waals surface area contributed by atoms with Gasteiger partial charge in [-0.25, -0.2) is 4.79 Å². The minimum absolute atomic E-state index is 0.146. The summed E-state index contributed by atoms with van der Waals surface area (Å²) in [7, 11) is 0. The van der Waals surface area contributed by atoms with E-state index in [-0.39, 0.29) is 5.56 Å². The monoisotopic (exact) mass is 248 g/mol. The highest BCUT2D eigenvalue weighted by Gasteiger charge is 2.20. The minimum Gasteiger partial charge on any atom is -0.478 e. The number of benzene rings is 1. The van der Waals surface area contributed by atoms with Crippen molar-refractivity contribution in [3.63, 3.8) is 0 Å². The molecule has 4 heteroatoms. The van der Waals surface area contributed by atoms with Crippen LogP contribution in [0, 0.1) is 6.92 Å². The van der Waals surface area contributed by atoms with E-state index in [0.29, 0.717) is 5.56 Å². The van der Waals surface area contributed by atoms with E-state index >= 15 is 0 Å². The van der Waals surface area contributed by atoms with Crippen LogP contribution in [0.1, 0.15) is 32.5 Å². The zero-order valence-corrected chi connectivity index (χ0v) is 10.1. The van der Waals surface area contributed by atoms with E-state index in [0.717, 1.165) is 10.4 Å². The van der Waals surface area contributed by atoms with Gasteiger partial charge in [0.05, 0.1) is 5.56 Å². The van der Waals surface area contributed by atoms with Crippen LogP contribution in [0.4, 0.5) is 0 Å². The maximum Gasteiger partial charge on any atom is 0.336 e. The van der Waals surface area contributed by atoms with Crippen LogP contribution in [0.2, 0.25) is 0 Å². The van der Waals surface area contributed by atoms with E-state index in [4.69, 9.17) is 5.11 Å². The van der Waals surface area contributed by atoms with Gasteiger partial charge in [0.15, 0.2) is 0 Å². The number of aliphatic hydroxyl groups excluding tert-OH is 1. The fourth-order valence-electron chi connectivity index (χ4n) is 1.74. The van der Waals surface area contributed by atoms with Gasteiger partial charge in [-0.2, -0.15) is 0 Å². The van der Waals surface area contributed by atoms with Crippen molar-refractivity contribution in [2.24, 2.45) is 0 Å². The SMILES string of the molecule is Cc1ccsc1C(O)c1ccccc1C(=O)O. The van der Waals surface area contributed by atoms with Gasteiger partial charge >= 0.3 is 5.97 Å². The average molecular weight is 248 g/mol. The highest BCUT2D eigenvalue weighted by atomic mass is 32.1. The van der Waals surface area contributed by atoms with Crippen molar-refractivity contribution in [1.82, 2.24) is 0 Å². The summed E-state index contributed by atoms with van der Waals surface area (Å²) in [6.07, 6.45) is -0.873. The van der Waals surface area contributed by atoms with Crippen LogP contribution in [-0.4, -0.2) is 16.2 Å². The number of aliphatic hydroxyl groups is 1. The van der Waals surface area contributed by atoms with E-state index in [1.807, 2.05) is 18.4 Å². The molecular formula is C13H12O3S. The third-order valence-electron chi connectivity index (χ3n) is 2.64. The molecule has 2 aromatic rings. The first-order valence-corrected chi connectivity index (χ1v) is 6.03. The molecule has 0 saturated carbocycles. The Morgan fingerprint density at radius 2 is 2.00 bits per heavy atom. The Morgan fingerprint density at radius 1 is 1.29 bits per heavy atom. The number of carboxylic acid groups (broad SMARTS) is 1. The predicted octanol–water partition coefficient (Wildman–Crippen LogP) is 2.84. The number of aryl methyl sites for hydroxylation is 1. The summed E-state index contributed by atoms with van der Waals surface area (Å²) in [4.78, 5) is 11.9. The molecule has 2 N–H and O–H groups in total. The summed E-state index contributed by atoms with van der Waals surface area (Å²) in [5.41, 5.74) is 1.56. The third-order valence-corrected chi connectivity index (χ3v) is 3.71. The molecule has 0 saturated heterocycles. The molecule has 1 atom stereocenters. The van der Waals surface area contributed by atoms with Crippen molar-refractivity contribution >= 4 is 17.3 Å². The highest BCUT2D eigenvalue weighted by Crippen LogP contribution is 2.30. The van der Waals surface area contributed by atoms with Gasteiger partial charge in [0.25, 0.3) is 0 Å². The predicted molar refractivity (Wildman–Crippen MR) is 66.5 cm³/mol. The molecule has 17 heavy (non-hydrogen) atoms. The molecule has 0 spiro atoms. The van der Waals surface area contributed by atoms with Gasteiger partial charge in [0.2, 0.25) is 0 Å². The van der Waals surface area contributed by atoms with Gasteiger partial charge in [-0.15, -0.1) is 11.3 Å². The number of aromatic carboxylic acids is 1. The minimum atomic E-state index is -1.02. The first-order valence-electron chi connectivity index (χ1n) is 5.15. The van der Waals surface area contributed by atoms with E-state index in [1.165, 1.54) is 17.4 Å². The van der Waals surface area contributed by atoms with Crippen LogP contribution < -0.4 is 0 Å². The van der Waals surface area contributed by atoms with Crippen LogP contribution in [0.3, 0.4) is 0 Å². The average Bonchev–Trinajstić information content (AvgIpc) is 2.74. The zero-order chi connectivity index (χ0) is 12.4. The van der Waals surface area contributed by atoms with E-state index < -0.39 is 12.1 Å². The molecule has 1 aromatic carbocycles. The largest absolute Gasteiger partial charge is 0.478 e. The summed E-state index contributed by atoms with van der Waals surface area (Å²) in [5, 5.41) is 21.2. The van der Waals surface area contributed by atoms with Crippen molar-refractivity contribution in [3.05, 3.63) is 57.3 Å². The van der Waals surface area contributed by atoms with Crippen LogP contribution in [-0.2, 0) is 0 Å². The van der Waals surface area contributed by atoms with Gasteiger partial charge in [-0.1, -0.05) is 18.2 Å². The van der Waals surface area contributed by atoms with Crippen molar-refractivity contribution in [3.8, 4) is 0 Å². The summed E-state index contributed by atoms with van der Waals surface area (Å²) in [5.74, 6) is -1.02. The number of hydrogen-bond donors (Lipinski definition) is 2. The first-order chi connectivity index (χ1) is 8.11. The maximum atomic E-state index is 11.1. The number of rotatable bonds is 3. The smallest absolute Gasteiger partial charge is 0.336 e. The molecule has 1 heterocycles. The number of thiophene rings is 1. The molecule has 88 valence electrons. The maximum absolute atomic E-state index is 11.1. The van der Waals surface area contributed by atoms with Crippen LogP contribution in [0.25, 0.3) is 0 Å². The van der Waals surface area contributed by atoms with Gasteiger partial charge < -0.3 is 10.2 Å². The summed E-state index contributed by atoms with van der Waals surface area (Å²) in [6.45, 7) is 1.90. The normalized spacial score (nSPS) is 12.4. The molecule has 1 aromatic heterocycles. The van der Waals surface area contributed by atoms with Crippen molar-refractivity contribution in [1.29, 1.82) is 0 Å². The van der Waals surface area contributed by atoms with E-state index in [1.54, 1.807) is 18.2 Å². The second kappa shape index (κ2) is 4.69. The Hall–Kier alpha value is -1.65. The summed E-state index contributed by atoms with van der Waals surface area (Å²) < 4.78 is 0. The number of carboxylic acids is 1. The van der Waals surface area contributed by atoms with E-state index in [9.17, 15) is 9.90 Å². The molecule has 1 unspecified atom stereocenters. The molecule has 3 nitrogen and oxygen atoms in total. The van der Waals surface area contributed by atoms with Gasteiger partial charge in [0.1, 0.15) is 6.10 Å². The lowest BCUT2D eigenvalue weighted by Gasteiger charge is -2.13. The van der Waals surface area contributed by atoms with Gasteiger partial charge in [0, 0.05) is 10.4 Å². The Labute approximate surface area is 103 Å². The van der Waals surface area contributed by atoms with Crippen LogP contribution in [0.15, 0.2) is 35.7 Å². The standard InChI is InChI=1S/C13H12O3S/c1-8-6-7-17-12(8)11(14)9-4-2-3-5-10(9)13(15)16/h2-7,11,14H,1H3,(H,15,16). The molecule has 0 aliphatic carbocycles. The fourth-order valence-corrected chi connectivity index (χ4v) is 2.66. The molecule has 0 radical (unpaired) electrons. The molecular weight excluding hydrogens is 236 g/mol. The Bertz CT molecular complexity index is 545. The zero-order valence-electron chi connectivity index (χ0n) is 9.25. The Kier molecular flexibility index (Phi) is 3.26. The number of carbonyl (C=O) groups is 1. The van der Waals surface area contributed by atoms with Crippen LogP contribution in [0.5, 0.6) is 0 Å². The molecule has 0 aliphatic heterocycles. The summed E-state index contributed by atoms with van der Waals surface area (Å²) in [6, 6.07) is 8.44. The second-order valence-corrected chi connectivity index (χ2v) is 4.71. The first kappa shape index (κ1) is 11.8. The lowest BCUT2D eigenvalue weighted by Crippen LogP contribution is -2.07. The van der Waals surface area contributed by atoms with E-state index in [2.05, 4.69) is 0 Å². The second-order valence-electron chi connectivity index (χ2n) is 3.76. The topological polar surface area (TPSA) is 57.5 Å². The summed E-state index contributed by atoms with van der Waals surface area (Å²) >= 11 is 1.43. The van der Waals surface area contributed by atoms with Gasteiger partial charge in [-0.05, 0) is 30.0 Å².